The van der Waals surface area contributed by atoms with Crippen molar-refractivity contribution in [1.29, 1.82) is 0 Å². The standard InChI is InChI=1S/C22H29N3O3.HI/c1-23-22(24-13-17-10-11-20(26-2)21(12-17)27-3)25-14-18-6-4-5-7-19(18)28-15-16-8-9-16;/h4-7,10-12,16H,8-9,13-15H2,1-3H3,(H2,23,24,25);1H. The van der Waals surface area contributed by atoms with E-state index in [4.69, 9.17) is 14.2 Å². The lowest BCUT2D eigenvalue weighted by atomic mass is 10.2. The Bertz CT molecular complexity index is 810. The van der Waals surface area contributed by atoms with E-state index in [-0.39, 0.29) is 24.0 Å². The Balaban J connectivity index is 0.00000300. The number of aliphatic imine (C=N–C) groups is 1. The topological polar surface area (TPSA) is 64.1 Å². The van der Waals surface area contributed by atoms with Crippen LogP contribution in [0.3, 0.4) is 0 Å². The van der Waals surface area contributed by atoms with Gasteiger partial charge in [0, 0.05) is 25.7 Å². The van der Waals surface area contributed by atoms with Crippen molar-refractivity contribution in [2.45, 2.75) is 25.9 Å². The molecule has 1 fully saturated rings. The van der Waals surface area contributed by atoms with Crippen LogP contribution in [0.2, 0.25) is 0 Å². The Morgan fingerprint density at radius 1 is 0.966 bits per heavy atom. The van der Waals surface area contributed by atoms with E-state index in [0.29, 0.717) is 18.8 Å². The largest absolute Gasteiger partial charge is 0.493 e. The van der Waals surface area contributed by atoms with Crippen LogP contribution < -0.4 is 24.8 Å². The maximum Gasteiger partial charge on any atom is 0.191 e. The molecule has 158 valence electrons. The Hall–Kier alpha value is -2.16. The first kappa shape index (κ1) is 23.1. The fourth-order valence-electron chi connectivity index (χ4n) is 2.86. The van der Waals surface area contributed by atoms with Crippen LogP contribution in [0.15, 0.2) is 47.5 Å². The highest BCUT2D eigenvalue weighted by Crippen LogP contribution is 2.30. The summed E-state index contributed by atoms with van der Waals surface area (Å²) in [4.78, 5) is 4.31. The van der Waals surface area contributed by atoms with Crippen molar-refractivity contribution in [3.8, 4) is 17.2 Å². The van der Waals surface area contributed by atoms with E-state index >= 15 is 0 Å². The molecule has 0 aromatic heterocycles. The minimum Gasteiger partial charge on any atom is -0.493 e. The second-order valence-electron chi connectivity index (χ2n) is 6.83. The van der Waals surface area contributed by atoms with Gasteiger partial charge in [-0.05, 0) is 42.5 Å². The minimum absolute atomic E-state index is 0. The van der Waals surface area contributed by atoms with Crippen LogP contribution in [0.1, 0.15) is 24.0 Å². The third-order valence-corrected chi connectivity index (χ3v) is 4.72. The predicted molar refractivity (Wildman–Crippen MR) is 127 cm³/mol. The Morgan fingerprint density at radius 2 is 1.69 bits per heavy atom. The number of methoxy groups -OCH3 is 2. The highest BCUT2D eigenvalue weighted by atomic mass is 127. The lowest BCUT2D eigenvalue weighted by Crippen LogP contribution is -2.36. The van der Waals surface area contributed by atoms with Gasteiger partial charge in [-0.25, -0.2) is 0 Å². The maximum atomic E-state index is 5.98. The molecule has 0 saturated heterocycles. The molecule has 0 radical (unpaired) electrons. The van der Waals surface area contributed by atoms with Gasteiger partial charge in [0.05, 0.1) is 20.8 Å². The van der Waals surface area contributed by atoms with Crippen LogP contribution >= 0.6 is 24.0 Å². The van der Waals surface area contributed by atoms with Crippen LogP contribution in [0.5, 0.6) is 17.2 Å². The number of halogens is 1. The van der Waals surface area contributed by atoms with Gasteiger partial charge in [0.1, 0.15) is 5.75 Å². The fraction of sp³-hybridized carbons (Fsp3) is 0.409. The summed E-state index contributed by atoms with van der Waals surface area (Å²) in [7, 11) is 5.03. The normalized spacial score (nSPS) is 13.3. The Kier molecular flexibility index (Phi) is 9.37. The average Bonchev–Trinajstić information content (AvgIpc) is 3.57. The molecule has 0 spiro atoms. The smallest absolute Gasteiger partial charge is 0.191 e. The second-order valence-corrected chi connectivity index (χ2v) is 6.83. The van der Waals surface area contributed by atoms with Crippen molar-refractivity contribution in [3.63, 3.8) is 0 Å². The highest BCUT2D eigenvalue weighted by Gasteiger charge is 2.22. The summed E-state index contributed by atoms with van der Waals surface area (Å²) in [5.41, 5.74) is 2.20. The number of ether oxygens (including phenoxy) is 3. The van der Waals surface area contributed by atoms with Crippen molar-refractivity contribution in [2.75, 3.05) is 27.9 Å². The van der Waals surface area contributed by atoms with Crippen molar-refractivity contribution >= 4 is 29.9 Å². The number of benzene rings is 2. The van der Waals surface area contributed by atoms with Gasteiger partial charge >= 0.3 is 0 Å². The van der Waals surface area contributed by atoms with Gasteiger partial charge in [-0.1, -0.05) is 24.3 Å². The van der Waals surface area contributed by atoms with Gasteiger partial charge in [-0.15, -0.1) is 24.0 Å². The Labute approximate surface area is 190 Å². The van der Waals surface area contributed by atoms with Crippen molar-refractivity contribution in [1.82, 2.24) is 10.6 Å². The van der Waals surface area contributed by atoms with E-state index in [1.165, 1.54) is 12.8 Å². The number of guanidine groups is 1. The number of para-hydroxylation sites is 1. The zero-order valence-electron chi connectivity index (χ0n) is 17.2. The lowest BCUT2D eigenvalue weighted by molar-refractivity contribution is 0.296. The lowest BCUT2D eigenvalue weighted by Gasteiger charge is -2.15. The van der Waals surface area contributed by atoms with E-state index in [1.807, 2.05) is 36.4 Å². The zero-order valence-corrected chi connectivity index (χ0v) is 19.6. The number of hydrogen-bond acceptors (Lipinski definition) is 4. The fourth-order valence-corrected chi connectivity index (χ4v) is 2.86. The summed E-state index contributed by atoms with van der Waals surface area (Å²) >= 11 is 0. The van der Waals surface area contributed by atoms with Crippen molar-refractivity contribution in [2.24, 2.45) is 10.9 Å². The molecule has 0 amide bonds. The molecule has 0 bridgehead atoms. The van der Waals surface area contributed by atoms with Crippen LogP contribution in [0.25, 0.3) is 0 Å². The third-order valence-electron chi connectivity index (χ3n) is 4.72. The van der Waals surface area contributed by atoms with Crippen molar-refractivity contribution in [3.05, 3.63) is 53.6 Å². The van der Waals surface area contributed by atoms with Gasteiger partial charge in [0.2, 0.25) is 0 Å². The minimum atomic E-state index is 0. The van der Waals surface area contributed by atoms with Crippen LogP contribution in [0, 0.1) is 5.92 Å². The SMILES string of the molecule is CN=C(NCc1ccc(OC)c(OC)c1)NCc1ccccc1OCC1CC1.I. The second kappa shape index (κ2) is 11.7. The van der Waals surface area contributed by atoms with E-state index in [1.54, 1.807) is 21.3 Å². The summed E-state index contributed by atoms with van der Waals surface area (Å²) in [6.07, 6.45) is 2.57. The van der Waals surface area contributed by atoms with Crippen LogP contribution in [-0.2, 0) is 13.1 Å². The molecule has 2 aromatic rings. The quantitative estimate of drug-likeness (QED) is 0.303. The predicted octanol–water partition coefficient (Wildman–Crippen LogP) is 3.98. The zero-order chi connectivity index (χ0) is 19.8. The molecule has 3 rings (SSSR count). The maximum absolute atomic E-state index is 5.98. The number of nitrogens with zero attached hydrogens (tertiary/aromatic N) is 1. The van der Waals surface area contributed by atoms with Crippen molar-refractivity contribution < 1.29 is 14.2 Å². The van der Waals surface area contributed by atoms with Gasteiger partial charge in [0.25, 0.3) is 0 Å². The summed E-state index contributed by atoms with van der Waals surface area (Å²) < 4.78 is 16.6. The monoisotopic (exact) mass is 511 g/mol. The molecule has 0 aliphatic heterocycles. The molecule has 2 N–H and O–H groups in total. The molecule has 29 heavy (non-hydrogen) atoms. The molecule has 1 saturated carbocycles. The van der Waals surface area contributed by atoms with Gasteiger partial charge < -0.3 is 24.8 Å². The van der Waals surface area contributed by atoms with E-state index in [2.05, 4.69) is 21.7 Å². The molecular formula is C22H30IN3O3. The number of nitrogens with one attached hydrogen (secondary N) is 2. The molecule has 0 atom stereocenters. The summed E-state index contributed by atoms with van der Waals surface area (Å²) in [6, 6.07) is 14.0. The van der Waals surface area contributed by atoms with Crippen LogP contribution in [0.4, 0.5) is 0 Å². The van der Waals surface area contributed by atoms with Crippen LogP contribution in [-0.4, -0.2) is 33.8 Å². The van der Waals surface area contributed by atoms with E-state index in [9.17, 15) is 0 Å². The van der Waals surface area contributed by atoms with E-state index in [0.717, 1.165) is 41.1 Å². The Morgan fingerprint density at radius 3 is 2.38 bits per heavy atom. The molecule has 1 aliphatic carbocycles. The molecule has 6 nitrogen and oxygen atoms in total. The summed E-state index contributed by atoms with van der Waals surface area (Å²) in [5, 5.41) is 6.68. The molecule has 0 unspecified atom stereocenters. The number of hydrogen-bond donors (Lipinski definition) is 2. The number of rotatable bonds is 9. The third kappa shape index (κ3) is 6.99. The first-order valence-electron chi connectivity index (χ1n) is 9.59. The van der Waals surface area contributed by atoms with Gasteiger partial charge in [-0.2, -0.15) is 0 Å². The first-order valence-corrected chi connectivity index (χ1v) is 9.59. The molecule has 0 heterocycles. The van der Waals surface area contributed by atoms with E-state index < -0.39 is 0 Å². The van der Waals surface area contributed by atoms with Gasteiger partial charge in [0.15, 0.2) is 17.5 Å². The molecular weight excluding hydrogens is 481 g/mol. The molecule has 7 heteroatoms. The molecule has 2 aromatic carbocycles. The average molecular weight is 511 g/mol. The first-order chi connectivity index (χ1) is 13.7. The summed E-state index contributed by atoms with van der Waals surface area (Å²) in [5.74, 6) is 3.84. The summed E-state index contributed by atoms with van der Waals surface area (Å²) in [6.45, 7) is 2.08. The van der Waals surface area contributed by atoms with Gasteiger partial charge in [-0.3, -0.25) is 4.99 Å². The molecule has 1 aliphatic rings. The highest BCUT2D eigenvalue weighted by molar-refractivity contribution is 14.0.